The van der Waals surface area contributed by atoms with Crippen LogP contribution in [0.5, 0.6) is 0 Å². The predicted octanol–water partition coefficient (Wildman–Crippen LogP) is 1.34. The fourth-order valence-corrected chi connectivity index (χ4v) is 4.01. The molecule has 4 N–H and O–H groups in total. The molecule has 2 rings (SSSR count). The first-order valence-corrected chi connectivity index (χ1v) is 7.89. The highest BCUT2D eigenvalue weighted by Crippen LogP contribution is 2.36. The number of nitrogens with two attached hydrogens (primary N) is 2. The van der Waals surface area contributed by atoms with Gasteiger partial charge in [-0.25, -0.2) is 0 Å². The molecule has 0 aromatic carbocycles. The molecule has 1 saturated heterocycles. The average Bonchev–Trinajstić information content (AvgIpc) is 2.88. The van der Waals surface area contributed by atoms with E-state index < -0.39 is 0 Å². The Labute approximate surface area is 116 Å². The Kier molecular flexibility index (Phi) is 5.22. The minimum atomic E-state index is -0.132. The van der Waals surface area contributed by atoms with Gasteiger partial charge in [0.1, 0.15) is 0 Å². The standard InChI is InChI=1S/C15H29N3O/c1-2-3-11-4-5-12(9-16)14(8-11)18-7-6-13(10-18)15(17)19/h11-14H,2-10,16H2,1H3,(H2,17,19). The molecular weight excluding hydrogens is 238 g/mol. The van der Waals surface area contributed by atoms with Crippen LogP contribution in [0.1, 0.15) is 45.4 Å². The Hall–Kier alpha value is -0.610. The van der Waals surface area contributed by atoms with Gasteiger partial charge in [0, 0.05) is 12.6 Å². The summed E-state index contributed by atoms with van der Waals surface area (Å²) in [6.45, 7) is 4.92. The van der Waals surface area contributed by atoms with Gasteiger partial charge in [0.25, 0.3) is 0 Å². The Balaban J connectivity index is 1.96. The van der Waals surface area contributed by atoms with E-state index in [0.29, 0.717) is 12.0 Å². The molecule has 110 valence electrons. The Morgan fingerprint density at radius 3 is 2.68 bits per heavy atom. The quantitative estimate of drug-likeness (QED) is 0.789. The third kappa shape index (κ3) is 3.48. The van der Waals surface area contributed by atoms with E-state index in [9.17, 15) is 4.79 Å². The monoisotopic (exact) mass is 267 g/mol. The van der Waals surface area contributed by atoms with Gasteiger partial charge in [-0.2, -0.15) is 0 Å². The normalized spacial score (nSPS) is 36.5. The van der Waals surface area contributed by atoms with Crippen LogP contribution in [0.25, 0.3) is 0 Å². The van der Waals surface area contributed by atoms with Crippen molar-refractivity contribution in [1.82, 2.24) is 4.90 Å². The molecule has 4 heteroatoms. The van der Waals surface area contributed by atoms with Crippen molar-refractivity contribution in [2.75, 3.05) is 19.6 Å². The molecule has 4 unspecified atom stereocenters. The number of likely N-dealkylation sites (tertiary alicyclic amines) is 1. The molecular formula is C15H29N3O. The Morgan fingerprint density at radius 1 is 1.32 bits per heavy atom. The fourth-order valence-electron chi connectivity index (χ4n) is 4.01. The number of rotatable bonds is 5. The van der Waals surface area contributed by atoms with Crippen molar-refractivity contribution in [3.63, 3.8) is 0 Å². The van der Waals surface area contributed by atoms with E-state index >= 15 is 0 Å². The number of amides is 1. The molecule has 1 heterocycles. The van der Waals surface area contributed by atoms with Gasteiger partial charge >= 0.3 is 0 Å². The third-order valence-corrected chi connectivity index (χ3v) is 5.16. The van der Waals surface area contributed by atoms with Crippen LogP contribution in [0.15, 0.2) is 0 Å². The molecule has 2 fully saturated rings. The van der Waals surface area contributed by atoms with E-state index in [-0.39, 0.29) is 11.8 Å². The van der Waals surface area contributed by atoms with Crippen LogP contribution in [-0.2, 0) is 4.79 Å². The SMILES string of the molecule is CCCC1CCC(CN)C(N2CCC(C(N)=O)C2)C1. The molecule has 0 aromatic heterocycles. The highest BCUT2D eigenvalue weighted by molar-refractivity contribution is 5.77. The van der Waals surface area contributed by atoms with Crippen LogP contribution in [0.3, 0.4) is 0 Å². The summed E-state index contributed by atoms with van der Waals surface area (Å²) >= 11 is 0. The lowest BCUT2D eigenvalue weighted by Gasteiger charge is -2.41. The van der Waals surface area contributed by atoms with Crippen molar-refractivity contribution in [2.45, 2.75) is 51.5 Å². The van der Waals surface area contributed by atoms with Gasteiger partial charge in [-0.1, -0.05) is 26.2 Å². The summed E-state index contributed by atoms with van der Waals surface area (Å²) in [5, 5.41) is 0. The molecule has 0 bridgehead atoms. The maximum atomic E-state index is 11.3. The Morgan fingerprint density at radius 2 is 2.11 bits per heavy atom. The Bertz CT molecular complexity index is 308. The van der Waals surface area contributed by atoms with Gasteiger partial charge in [0.2, 0.25) is 5.91 Å². The van der Waals surface area contributed by atoms with Crippen molar-refractivity contribution >= 4 is 5.91 Å². The number of carbonyl (C=O) groups excluding carboxylic acids is 1. The third-order valence-electron chi connectivity index (χ3n) is 5.16. The first kappa shape index (κ1) is 14.8. The van der Waals surface area contributed by atoms with E-state index in [1.54, 1.807) is 0 Å². The van der Waals surface area contributed by atoms with Crippen molar-refractivity contribution < 1.29 is 4.79 Å². The molecule has 1 aliphatic carbocycles. The summed E-state index contributed by atoms with van der Waals surface area (Å²) in [4.78, 5) is 13.8. The van der Waals surface area contributed by atoms with Crippen LogP contribution in [0.2, 0.25) is 0 Å². The topological polar surface area (TPSA) is 72.3 Å². The highest BCUT2D eigenvalue weighted by Gasteiger charge is 2.37. The summed E-state index contributed by atoms with van der Waals surface area (Å²) in [6.07, 6.45) is 7.39. The number of carbonyl (C=O) groups is 1. The number of nitrogens with zero attached hydrogens (tertiary/aromatic N) is 1. The van der Waals surface area contributed by atoms with E-state index in [1.807, 2.05) is 0 Å². The van der Waals surface area contributed by atoms with Crippen LogP contribution in [0, 0.1) is 17.8 Å². The van der Waals surface area contributed by atoms with Gasteiger partial charge in [-0.05, 0) is 44.2 Å². The minimum absolute atomic E-state index is 0.0602. The molecule has 4 nitrogen and oxygen atoms in total. The van der Waals surface area contributed by atoms with E-state index in [0.717, 1.165) is 32.0 Å². The van der Waals surface area contributed by atoms with Gasteiger partial charge in [0.15, 0.2) is 0 Å². The zero-order chi connectivity index (χ0) is 13.8. The molecule has 4 atom stereocenters. The fraction of sp³-hybridized carbons (Fsp3) is 0.933. The van der Waals surface area contributed by atoms with Crippen LogP contribution < -0.4 is 11.5 Å². The van der Waals surface area contributed by atoms with Gasteiger partial charge < -0.3 is 11.5 Å². The number of primary amides is 1. The first-order valence-electron chi connectivity index (χ1n) is 7.89. The molecule has 2 aliphatic rings. The largest absolute Gasteiger partial charge is 0.369 e. The van der Waals surface area contributed by atoms with Crippen LogP contribution >= 0.6 is 0 Å². The van der Waals surface area contributed by atoms with Crippen molar-refractivity contribution in [1.29, 1.82) is 0 Å². The van der Waals surface area contributed by atoms with E-state index in [1.165, 1.54) is 32.1 Å². The lowest BCUT2D eigenvalue weighted by atomic mass is 9.76. The van der Waals surface area contributed by atoms with Crippen molar-refractivity contribution in [3.05, 3.63) is 0 Å². The summed E-state index contributed by atoms with van der Waals surface area (Å²) in [6, 6.07) is 0.583. The van der Waals surface area contributed by atoms with E-state index in [2.05, 4.69) is 11.8 Å². The van der Waals surface area contributed by atoms with Gasteiger partial charge in [-0.15, -0.1) is 0 Å². The van der Waals surface area contributed by atoms with E-state index in [4.69, 9.17) is 11.5 Å². The second-order valence-corrected chi connectivity index (χ2v) is 6.41. The number of hydrogen-bond acceptors (Lipinski definition) is 3. The maximum absolute atomic E-state index is 11.3. The number of hydrogen-bond donors (Lipinski definition) is 2. The molecule has 1 aliphatic heterocycles. The molecule has 0 radical (unpaired) electrons. The zero-order valence-corrected chi connectivity index (χ0v) is 12.2. The second kappa shape index (κ2) is 6.71. The summed E-state index contributed by atoms with van der Waals surface area (Å²) in [5.41, 5.74) is 11.4. The summed E-state index contributed by atoms with van der Waals surface area (Å²) in [5.74, 6) is 1.39. The predicted molar refractivity (Wildman–Crippen MR) is 77.5 cm³/mol. The zero-order valence-electron chi connectivity index (χ0n) is 12.2. The summed E-state index contributed by atoms with van der Waals surface area (Å²) in [7, 11) is 0. The van der Waals surface area contributed by atoms with Gasteiger partial charge in [0.05, 0.1) is 5.92 Å². The lowest BCUT2D eigenvalue weighted by molar-refractivity contribution is -0.121. The smallest absolute Gasteiger partial charge is 0.221 e. The average molecular weight is 267 g/mol. The molecule has 1 amide bonds. The van der Waals surface area contributed by atoms with Gasteiger partial charge in [-0.3, -0.25) is 9.69 Å². The summed E-state index contributed by atoms with van der Waals surface area (Å²) < 4.78 is 0. The second-order valence-electron chi connectivity index (χ2n) is 6.41. The highest BCUT2D eigenvalue weighted by atomic mass is 16.1. The van der Waals surface area contributed by atoms with Crippen molar-refractivity contribution in [2.24, 2.45) is 29.2 Å². The lowest BCUT2D eigenvalue weighted by Crippen LogP contribution is -2.46. The molecule has 1 saturated carbocycles. The van der Waals surface area contributed by atoms with Crippen LogP contribution in [-0.4, -0.2) is 36.5 Å². The molecule has 19 heavy (non-hydrogen) atoms. The first-order chi connectivity index (χ1) is 9.15. The minimum Gasteiger partial charge on any atom is -0.369 e. The van der Waals surface area contributed by atoms with Crippen molar-refractivity contribution in [3.8, 4) is 0 Å². The molecule has 0 aromatic rings. The maximum Gasteiger partial charge on any atom is 0.221 e. The van der Waals surface area contributed by atoms with Crippen LogP contribution in [0.4, 0.5) is 0 Å². The molecule has 0 spiro atoms.